The molecule has 0 saturated carbocycles. The van der Waals surface area contributed by atoms with Gasteiger partial charge in [-0.05, 0) is 22.9 Å². The summed E-state index contributed by atoms with van der Waals surface area (Å²) in [5, 5.41) is 2.13. The van der Waals surface area contributed by atoms with E-state index in [-0.39, 0.29) is 5.97 Å². The van der Waals surface area contributed by atoms with E-state index >= 15 is 0 Å². The molecule has 0 aliphatic carbocycles. The van der Waals surface area contributed by atoms with Gasteiger partial charge in [-0.2, -0.15) is 0 Å². The van der Waals surface area contributed by atoms with Crippen molar-refractivity contribution in [3.05, 3.63) is 77.4 Å². The lowest BCUT2D eigenvalue weighted by molar-refractivity contribution is 0.0455. The van der Waals surface area contributed by atoms with Crippen LogP contribution >= 0.6 is 0 Å². The number of fused-ring (bicyclic) bond motifs is 2. The first-order valence-electron chi connectivity index (χ1n) is 7.15. The average Bonchev–Trinajstić information content (AvgIpc) is 2.91. The number of cyclic esters (lactones) is 1. The molecule has 0 aromatic heterocycles. The molecule has 0 radical (unpaired) electrons. The van der Waals surface area contributed by atoms with Gasteiger partial charge in [-0.25, -0.2) is 4.79 Å². The maximum atomic E-state index is 12.1. The molecule has 0 amide bonds. The molecule has 3 heteroatoms. The molecule has 1 aliphatic rings. The third-order valence-electron chi connectivity index (χ3n) is 4.10. The minimum Gasteiger partial charge on any atom is -0.496 e. The van der Waals surface area contributed by atoms with Crippen molar-refractivity contribution in [2.75, 3.05) is 7.11 Å². The van der Waals surface area contributed by atoms with Crippen molar-refractivity contribution < 1.29 is 14.3 Å². The largest absolute Gasteiger partial charge is 0.496 e. The van der Waals surface area contributed by atoms with E-state index in [9.17, 15) is 4.79 Å². The molecule has 0 saturated heterocycles. The summed E-state index contributed by atoms with van der Waals surface area (Å²) in [5.41, 5.74) is 2.42. The monoisotopic (exact) mass is 290 g/mol. The fraction of sp³-hybridized carbons (Fsp3) is 0.105. The smallest absolute Gasteiger partial charge is 0.339 e. The Hall–Kier alpha value is -2.81. The van der Waals surface area contributed by atoms with Crippen LogP contribution in [0.2, 0.25) is 0 Å². The summed E-state index contributed by atoms with van der Waals surface area (Å²) in [6.45, 7) is 0. The Bertz CT molecular complexity index is 883. The third kappa shape index (κ3) is 1.79. The van der Waals surface area contributed by atoms with E-state index in [0.717, 1.165) is 27.6 Å². The Morgan fingerprint density at radius 2 is 1.73 bits per heavy atom. The van der Waals surface area contributed by atoms with E-state index in [1.807, 2.05) is 54.6 Å². The fourth-order valence-corrected chi connectivity index (χ4v) is 3.08. The van der Waals surface area contributed by atoms with Crippen molar-refractivity contribution in [1.82, 2.24) is 0 Å². The van der Waals surface area contributed by atoms with E-state index in [4.69, 9.17) is 9.47 Å². The first-order chi connectivity index (χ1) is 10.8. The molecule has 0 spiro atoms. The Morgan fingerprint density at radius 3 is 2.59 bits per heavy atom. The number of carbonyl (C=O) groups excluding carboxylic acids is 1. The number of methoxy groups -OCH3 is 1. The highest BCUT2D eigenvalue weighted by Gasteiger charge is 2.34. The van der Waals surface area contributed by atoms with E-state index in [1.54, 1.807) is 13.2 Å². The van der Waals surface area contributed by atoms with Crippen LogP contribution < -0.4 is 4.74 Å². The zero-order valence-electron chi connectivity index (χ0n) is 12.1. The van der Waals surface area contributed by atoms with Crippen molar-refractivity contribution in [3.8, 4) is 5.75 Å². The second-order valence-electron chi connectivity index (χ2n) is 5.28. The lowest BCUT2D eigenvalue weighted by atomic mass is 9.94. The second kappa shape index (κ2) is 4.88. The van der Waals surface area contributed by atoms with Crippen LogP contribution in [-0.2, 0) is 4.74 Å². The quantitative estimate of drug-likeness (QED) is 0.666. The molecule has 4 rings (SSSR count). The molecule has 0 unspecified atom stereocenters. The number of esters is 1. The molecule has 3 aromatic rings. The molecule has 108 valence electrons. The van der Waals surface area contributed by atoms with E-state index in [2.05, 4.69) is 0 Å². The fourth-order valence-electron chi connectivity index (χ4n) is 3.08. The summed E-state index contributed by atoms with van der Waals surface area (Å²) >= 11 is 0. The van der Waals surface area contributed by atoms with Crippen LogP contribution in [0.25, 0.3) is 10.8 Å². The van der Waals surface area contributed by atoms with Crippen LogP contribution in [0.1, 0.15) is 27.6 Å². The number of ether oxygens (including phenoxy) is 2. The second-order valence-corrected chi connectivity index (χ2v) is 5.28. The topological polar surface area (TPSA) is 35.5 Å². The number of rotatable bonds is 2. The summed E-state index contributed by atoms with van der Waals surface area (Å²) in [6, 6.07) is 19.5. The van der Waals surface area contributed by atoms with Gasteiger partial charge in [0.05, 0.1) is 12.7 Å². The number of carbonyl (C=O) groups is 1. The normalized spacial score (nSPS) is 16.4. The maximum Gasteiger partial charge on any atom is 0.339 e. The molecule has 1 heterocycles. The molecule has 0 fully saturated rings. The molecule has 3 aromatic carbocycles. The first-order valence-corrected chi connectivity index (χ1v) is 7.15. The van der Waals surface area contributed by atoms with Crippen LogP contribution in [0.4, 0.5) is 0 Å². The zero-order chi connectivity index (χ0) is 15.1. The van der Waals surface area contributed by atoms with Gasteiger partial charge in [0.25, 0.3) is 0 Å². The van der Waals surface area contributed by atoms with Gasteiger partial charge < -0.3 is 9.47 Å². The zero-order valence-corrected chi connectivity index (χ0v) is 12.1. The van der Waals surface area contributed by atoms with E-state index < -0.39 is 6.10 Å². The van der Waals surface area contributed by atoms with Crippen LogP contribution in [-0.4, -0.2) is 13.1 Å². The predicted octanol–water partition coefficient (Wildman–Crippen LogP) is 4.11. The van der Waals surface area contributed by atoms with Gasteiger partial charge in [0, 0.05) is 11.1 Å². The van der Waals surface area contributed by atoms with Crippen LogP contribution in [0.15, 0.2) is 60.7 Å². The van der Waals surface area contributed by atoms with Gasteiger partial charge in [0.1, 0.15) is 5.75 Å². The summed E-state index contributed by atoms with van der Waals surface area (Å²) in [4.78, 5) is 12.1. The molecular formula is C19H14O3. The minimum absolute atomic E-state index is 0.282. The highest BCUT2D eigenvalue weighted by Crippen LogP contribution is 2.43. The summed E-state index contributed by atoms with van der Waals surface area (Å²) in [5.74, 6) is 0.448. The molecule has 0 bridgehead atoms. The van der Waals surface area contributed by atoms with Gasteiger partial charge in [-0.15, -0.1) is 0 Å². The van der Waals surface area contributed by atoms with Crippen molar-refractivity contribution in [2.24, 2.45) is 0 Å². The molecule has 3 nitrogen and oxygen atoms in total. The van der Waals surface area contributed by atoms with Crippen LogP contribution in [0, 0.1) is 0 Å². The Balaban J connectivity index is 2.01. The van der Waals surface area contributed by atoms with Crippen molar-refractivity contribution >= 4 is 16.7 Å². The Labute approximate surface area is 128 Å². The number of hydrogen-bond acceptors (Lipinski definition) is 3. The molecule has 0 N–H and O–H groups in total. The Kier molecular flexibility index (Phi) is 2.86. The van der Waals surface area contributed by atoms with Crippen molar-refractivity contribution in [2.45, 2.75) is 6.10 Å². The molecule has 1 atom stereocenters. The minimum atomic E-state index is -0.426. The van der Waals surface area contributed by atoms with Gasteiger partial charge in [-0.1, -0.05) is 48.5 Å². The summed E-state index contributed by atoms with van der Waals surface area (Å²) < 4.78 is 11.2. The third-order valence-corrected chi connectivity index (χ3v) is 4.10. The maximum absolute atomic E-state index is 12.1. The van der Waals surface area contributed by atoms with E-state index in [1.165, 1.54) is 0 Å². The van der Waals surface area contributed by atoms with Gasteiger partial charge in [-0.3, -0.25) is 0 Å². The number of benzene rings is 3. The van der Waals surface area contributed by atoms with Gasteiger partial charge in [0.15, 0.2) is 6.10 Å². The molecular weight excluding hydrogens is 276 g/mol. The predicted molar refractivity (Wildman–Crippen MR) is 84.2 cm³/mol. The molecule has 1 aliphatic heterocycles. The lowest BCUT2D eigenvalue weighted by Crippen LogP contribution is -2.04. The average molecular weight is 290 g/mol. The standard InChI is InChI=1S/C19H14O3/c1-21-16-11-10-12-6-2-3-7-13(12)17(16)18-14-8-4-5-9-15(14)19(20)22-18/h2-11,18H,1H3/t18-/m0/s1. The Morgan fingerprint density at radius 1 is 0.955 bits per heavy atom. The highest BCUT2D eigenvalue weighted by molar-refractivity contribution is 5.96. The van der Waals surface area contributed by atoms with Crippen molar-refractivity contribution in [3.63, 3.8) is 0 Å². The number of hydrogen-bond donors (Lipinski definition) is 0. The SMILES string of the molecule is COc1ccc2ccccc2c1[C@H]1OC(=O)c2ccccc21. The summed E-state index contributed by atoms with van der Waals surface area (Å²) in [6.07, 6.45) is -0.426. The first kappa shape index (κ1) is 12.9. The van der Waals surface area contributed by atoms with E-state index in [0.29, 0.717) is 5.56 Å². The molecule has 22 heavy (non-hydrogen) atoms. The van der Waals surface area contributed by atoms with Gasteiger partial charge >= 0.3 is 5.97 Å². The van der Waals surface area contributed by atoms with Crippen molar-refractivity contribution in [1.29, 1.82) is 0 Å². The highest BCUT2D eigenvalue weighted by atomic mass is 16.6. The summed E-state index contributed by atoms with van der Waals surface area (Å²) in [7, 11) is 1.64. The lowest BCUT2D eigenvalue weighted by Gasteiger charge is -2.17. The van der Waals surface area contributed by atoms with Gasteiger partial charge in [0.2, 0.25) is 0 Å². The van der Waals surface area contributed by atoms with Crippen LogP contribution in [0.5, 0.6) is 5.75 Å². The van der Waals surface area contributed by atoms with Crippen LogP contribution in [0.3, 0.4) is 0 Å².